The number of aliphatic carboxylic acids is 1. The van der Waals surface area contributed by atoms with Crippen LogP contribution in [-0.2, 0) is 27.2 Å². The van der Waals surface area contributed by atoms with Crippen molar-refractivity contribution in [3.8, 4) is 11.1 Å². The molecule has 0 aromatic heterocycles. The van der Waals surface area contributed by atoms with Gasteiger partial charge < -0.3 is 21.5 Å². The third-order valence-corrected chi connectivity index (χ3v) is 6.89. The number of amides is 2. The number of carbonyl (C=O) groups is 3. The summed E-state index contributed by atoms with van der Waals surface area (Å²) in [4.78, 5) is 37.1. The lowest BCUT2D eigenvalue weighted by molar-refractivity contribution is -0.141. The van der Waals surface area contributed by atoms with Crippen LogP contribution in [0.5, 0.6) is 0 Å². The molecule has 0 bridgehead atoms. The van der Waals surface area contributed by atoms with Gasteiger partial charge in [0, 0.05) is 24.6 Å². The third kappa shape index (κ3) is 10.3. The summed E-state index contributed by atoms with van der Waals surface area (Å²) in [6.45, 7) is 4.62. The predicted octanol–water partition coefficient (Wildman–Crippen LogP) is 5.44. The highest BCUT2D eigenvalue weighted by Gasteiger charge is 2.26. The summed E-state index contributed by atoms with van der Waals surface area (Å²) >= 11 is 0. The van der Waals surface area contributed by atoms with Crippen LogP contribution < -0.4 is 16.4 Å². The summed E-state index contributed by atoms with van der Waals surface area (Å²) in [5.41, 5.74) is 10.3. The summed E-state index contributed by atoms with van der Waals surface area (Å²) in [5.74, 6) is -2.06. The first-order valence-corrected chi connectivity index (χ1v) is 13.9. The van der Waals surface area contributed by atoms with Crippen molar-refractivity contribution in [2.45, 2.75) is 52.4 Å². The summed E-state index contributed by atoms with van der Waals surface area (Å²) in [7, 11) is 0. The molecule has 0 saturated carbocycles. The zero-order valence-corrected chi connectivity index (χ0v) is 23.5. The van der Waals surface area contributed by atoms with Crippen LogP contribution in [-0.4, -0.2) is 36.0 Å². The molecule has 0 aliphatic carbocycles. The first-order valence-electron chi connectivity index (χ1n) is 13.9. The summed E-state index contributed by atoms with van der Waals surface area (Å²) in [6, 6.07) is 26.1. The number of carbonyl (C=O) groups excluding carboxylic acids is 2. The highest BCUT2D eigenvalue weighted by atomic mass is 16.4. The molecule has 0 aliphatic heterocycles. The van der Waals surface area contributed by atoms with Crippen LogP contribution in [0.15, 0.2) is 78.9 Å². The van der Waals surface area contributed by atoms with Gasteiger partial charge in [-0.05, 0) is 72.0 Å². The number of carboxylic acids is 1. The Morgan fingerprint density at radius 3 is 2.25 bits per heavy atom. The minimum absolute atomic E-state index is 0.149. The fourth-order valence-electron chi connectivity index (χ4n) is 4.73. The standard InChI is InChI=1S/C33H41N3O4/c1-33(2,22-30(37)36-29-13-7-9-25(20-29)18-19-34)23-35-32(40)28(21-31(38)39)12-6-8-24-14-16-27(17-15-24)26-10-4-3-5-11-26/h3-5,7,9-11,13-17,20,28H,6,8,12,18-19,21-23,34H2,1-2H3,(H,35,40)(H,36,37)(H,38,39). The second-order valence-electron chi connectivity index (χ2n) is 11.1. The van der Waals surface area contributed by atoms with E-state index in [9.17, 15) is 19.5 Å². The van der Waals surface area contributed by atoms with Crippen LogP contribution in [0.4, 0.5) is 5.69 Å². The molecule has 0 radical (unpaired) electrons. The smallest absolute Gasteiger partial charge is 0.304 e. The zero-order chi connectivity index (χ0) is 29.0. The lowest BCUT2D eigenvalue weighted by Gasteiger charge is -2.26. The van der Waals surface area contributed by atoms with Gasteiger partial charge in [0.25, 0.3) is 0 Å². The fourth-order valence-corrected chi connectivity index (χ4v) is 4.73. The number of hydrogen-bond acceptors (Lipinski definition) is 4. The number of nitrogens with two attached hydrogens (primary N) is 1. The van der Waals surface area contributed by atoms with E-state index in [0.717, 1.165) is 35.1 Å². The van der Waals surface area contributed by atoms with Crippen LogP contribution in [0.2, 0.25) is 0 Å². The van der Waals surface area contributed by atoms with Crippen molar-refractivity contribution in [1.82, 2.24) is 5.32 Å². The van der Waals surface area contributed by atoms with Crippen molar-refractivity contribution >= 4 is 23.5 Å². The molecule has 3 aromatic rings. The van der Waals surface area contributed by atoms with Crippen molar-refractivity contribution in [1.29, 1.82) is 0 Å². The predicted molar refractivity (Wildman–Crippen MR) is 160 cm³/mol. The second kappa shape index (κ2) is 15.0. The van der Waals surface area contributed by atoms with Gasteiger partial charge in [0.05, 0.1) is 6.42 Å². The normalized spacial score (nSPS) is 12.0. The third-order valence-electron chi connectivity index (χ3n) is 6.89. The monoisotopic (exact) mass is 543 g/mol. The molecule has 1 unspecified atom stereocenters. The Morgan fingerprint density at radius 1 is 0.875 bits per heavy atom. The number of rotatable bonds is 15. The minimum Gasteiger partial charge on any atom is -0.481 e. The first-order chi connectivity index (χ1) is 19.1. The van der Waals surface area contributed by atoms with Gasteiger partial charge in [-0.1, -0.05) is 80.6 Å². The van der Waals surface area contributed by atoms with E-state index < -0.39 is 17.3 Å². The Hall–Kier alpha value is -3.97. The number of nitrogens with one attached hydrogen (secondary N) is 2. The van der Waals surface area contributed by atoms with Gasteiger partial charge in [0.1, 0.15) is 0 Å². The molecule has 0 heterocycles. The van der Waals surface area contributed by atoms with E-state index >= 15 is 0 Å². The van der Waals surface area contributed by atoms with Crippen molar-refractivity contribution in [3.63, 3.8) is 0 Å². The van der Waals surface area contributed by atoms with E-state index in [1.54, 1.807) is 0 Å². The van der Waals surface area contributed by atoms with E-state index in [1.807, 2.05) is 56.3 Å². The van der Waals surface area contributed by atoms with Gasteiger partial charge in [0.2, 0.25) is 11.8 Å². The van der Waals surface area contributed by atoms with E-state index in [4.69, 9.17) is 5.73 Å². The van der Waals surface area contributed by atoms with E-state index in [2.05, 4.69) is 47.0 Å². The van der Waals surface area contributed by atoms with Crippen molar-refractivity contribution in [3.05, 3.63) is 90.0 Å². The lowest BCUT2D eigenvalue weighted by Crippen LogP contribution is -2.39. The van der Waals surface area contributed by atoms with Crippen LogP contribution in [0, 0.1) is 11.3 Å². The Kier molecular flexibility index (Phi) is 11.5. The highest BCUT2D eigenvalue weighted by Crippen LogP contribution is 2.23. The zero-order valence-electron chi connectivity index (χ0n) is 23.5. The molecule has 2 amide bonds. The summed E-state index contributed by atoms with van der Waals surface area (Å²) in [6.07, 6.45) is 2.65. The Morgan fingerprint density at radius 2 is 1.57 bits per heavy atom. The maximum absolute atomic E-state index is 13.0. The van der Waals surface area contributed by atoms with Gasteiger partial charge >= 0.3 is 5.97 Å². The fraction of sp³-hybridized carbons (Fsp3) is 0.364. The topological polar surface area (TPSA) is 122 Å². The molecule has 3 rings (SSSR count). The molecule has 40 heavy (non-hydrogen) atoms. The largest absolute Gasteiger partial charge is 0.481 e. The van der Waals surface area contributed by atoms with Crippen molar-refractivity contribution in [2.75, 3.05) is 18.4 Å². The maximum atomic E-state index is 13.0. The number of carboxylic acid groups (broad SMARTS) is 1. The summed E-state index contributed by atoms with van der Waals surface area (Å²) < 4.78 is 0. The van der Waals surface area contributed by atoms with Crippen LogP contribution in [0.1, 0.15) is 50.7 Å². The molecule has 3 aromatic carbocycles. The minimum atomic E-state index is -0.997. The lowest BCUT2D eigenvalue weighted by atomic mass is 9.88. The van der Waals surface area contributed by atoms with E-state index in [-0.39, 0.29) is 31.2 Å². The average Bonchev–Trinajstić information content (AvgIpc) is 2.92. The molecule has 5 N–H and O–H groups in total. The number of anilines is 1. The van der Waals surface area contributed by atoms with Gasteiger partial charge in [-0.2, -0.15) is 0 Å². The van der Waals surface area contributed by atoms with E-state index in [0.29, 0.717) is 25.1 Å². The molecular formula is C33H41N3O4. The molecule has 212 valence electrons. The number of aryl methyl sites for hydroxylation is 1. The Balaban J connectivity index is 1.48. The Labute approximate surface area is 237 Å². The van der Waals surface area contributed by atoms with Gasteiger partial charge in [-0.25, -0.2) is 0 Å². The van der Waals surface area contributed by atoms with Crippen LogP contribution in [0.3, 0.4) is 0 Å². The molecule has 1 atom stereocenters. The molecule has 0 aliphatic rings. The highest BCUT2D eigenvalue weighted by molar-refractivity contribution is 5.91. The molecule has 7 heteroatoms. The molecule has 7 nitrogen and oxygen atoms in total. The van der Waals surface area contributed by atoms with Crippen LogP contribution >= 0.6 is 0 Å². The second-order valence-corrected chi connectivity index (χ2v) is 11.1. The Bertz CT molecular complexity index is 1260. The molecule has 0 fully saturated rings. The average molecular weight is 544 g/mol. The van der Waals surface area contributed by atoms with Gasteiger partial charge in [-0.3, -0.25) is 14.4 Å². The van der Waals surface area contributed by atoms with Gasteiger partial charge in [-0.15, -0.1) is 0 Å². The number of hydrogen-bond donors (Lipinski definition) is 4. The molecular weight excluding hydrogens is 502 g/mol. The van der Waals surface area contributed by atoms with Crippen molar-refractivity contribution in [2.24, 2.45) is 17.1 Å². The molecule has 0 spiro atoms. The first kappa shape index (κ1) is 30.6. The van der Waals surface area contributed by atoms with Crippen LogP contribution in [0.25, 0.3) is 11.1 Å². The number of benzene rings is 3. The molecule has 0 saturated heterocycles. The SMILES string of the molecule is CC(C)(CNC(=O)C(CCCc1ccc(-c2ccccc2)cc1)CC(=O)O)CC(=O)Nc1cccc(CCN)c1. The van der Waals surface area contributed by atoms with Crippen molar-refractivity contribution < 1.29 is 19.5 Å². The quantitative estimate of drug-likeness (QED) is 0.203. The maximum Gasteiger partial charge on any atom is 0.304 e. The van der Waals surface area contributed by atoms with E-state index in [1.165, 1.54) is 0 Å². The van der Waals surface area contributed by atoms with Gasteiger partial charge in [0.15, 0.2) is 0 Å². The summed E-state index contributed by atoms with van der Waals surface area (Å²) in [5, 5.41) is 15.2.